The zero-order chi connectivity index (χ0) is 15.8. The molecular formula is C13H20N4O3S. The number of amides is 2. The molecule has 0 saturated heterocycles. The molecule has 0 spiro atoms. The molecule has 1 aromatic rings. The molecule has 1 heterocycles. The number of carbonyl (C=O) groups is 3. The normalized spacial score (nSPS) is 13.2. The first kappa shape index (κ1) is 17.1. The average molecular weight is 312 g/mol. The summed E-state index contributed by atoms with van der Waals surface area (Å²) in [6.07, 6.45) is 2.97. The van der Waals surface area contributed by atoms with Gasteiger partial charge < -0.3 is 16.4 Å². The molecule has 4 N–H and O–H groups in total. The first-order chi connectivity index (χ1) is 9.95. The van der Waals surface area contributed by atoms with Crippen molar-refractivity contribution in [3.05, 3.63) is 11.1 Å². The number of rotatable bonds is 9. The first-order valence-corrected chi connectivity index (χ1v) is 7.49. The van der Waals surface area contributed by atoms with Crippen LogP contribution in [0.5, 0.6) is 0 Å². The van der Waals surface area contributed by atoms with E-state index >= 15 is 0 Å². The van der Waals surface area contributed by atoms with E-state index in [1.807, 2.05) is 0 Å². The minimum atomic E-state index is -0.486. The molecule has 0 aliphatic heterocycles. The lowest BCUT2D eigenvalue weighted by atomic mass is 9.94. The fraction of sp³-hybridized carbons (Fsp3) is 0.538. The zero-order valence-corrected chi connectivity index (χ0v) is 12.9. The summed E-state index contributed by atoms with van der Waals surface area (Å²) < 4.78 is 0. The third-order valence-electron chi connectivity index (χ3n) is 3.18. The predicted molar refractivity (Wildman–Crippen MR) is 81.1 cm³/mol. The predicted octanol–water partition coefficient (Wildman–Crippen LogP) is 0.631. The number of aromatic nitrogens is 1. The van der Waals surface area contributed by atoms with Crippen molar-refractivity contribution in [1.82, 2.24) is 10.3 Å². The number of hydrogen-bond acceptors (Lipinski definition) is 6. The van der Waals surface area contributed by atoms with Crippen LogP contribution in [0.15, 0.2) is 6.20 Å². The minimum absolute atomic E-state index is 0.182. The van der Waals surface area contributed by atoms with Gasteiger partial charge in [-0.3, -0.25) is 14.4 Å². The second-order valence-corrected chi connectivity index (χ2v) is 5.80. The van der Waals surface area contributed by atoms with Crippen molar-refractivity contribution in [2.45, 2.75) is 20.3 Å². The number of hydrogen-bond donors (Lipinski definition) is 3. The smallest absolute Gasteiger partial charge is 0.223 e. The Morgan fingerprint density at radius 2 is 2.10 bits per heavy atom. The van der Waals surface area contributed by atoms with Gasteiger partial charge in [-0.05, 0) is 6.42 Å². The molecular weight excluding hydrogens is 292 g/mol. The molecule has 1 rings (SSSR count). The molecule has 2 atom stereocenters. The van der Waals surface area contributed by atoms with Crippen LogP contribution < -0.4 is 16.4 Å². The van der Waals surface area contributed by atoms with Crippen LogP contribution in [0.1, 0.15) is 29.9 Å². The highest BCUT2D eigenvalue weighted by atomic mass is 32.1. The van der Waals surface area contributed by atoms with E-state index in [9.17, 15) is 14.4 Å². The molecule has 8 heteroatoms. The van der Waals surface area contributed by atoms with Crippen molar-refractivity contribution in [1.29, 1.82) is 0 Å². The number of carbonyl (C=O) groups excluding carboxylic acids is 3. The first-order valence-electron chi connectivity index (χ1n) is 6.67. The van der Waals surface area contributed by atoms with E-state index in [1.165, 1.54) is 17.5 Å². The van der Waals surface area contributed by atoms with E-state index in [2.05, 4.69) is 15.6 Å². The minimum Gasteiger partial charge on any atom is -0.369 e. The molecule has 7 nitrogen and oxygen atoms in total. The zero-order valence-electron chi connectivity index (χ0n) is 12.1. The Kier molecular flexibility index (Phi) is 6.80. The summed E-state index contributed by atoms with van der Waals surface area (Å²) in [5.74, 6) is -1.59. The summed E-state index contributed by atoms with van der Waals surface area (Å²) in [5.41, 5.74) is 5.17. The molecule has 0 bridgehead atoms. The van der Waals surface area contributed by atoms with Crippen molar-refractivity contribution in [3.63, 3.8) is 0 Å². The van der Waals surface area contributed by atoms with Crippen LogP contribution >= 0.6 is 11.3 Å². The number of nitrogens with zero attached hydrogens (tertiary/aromatic N) is 1. The molecule has 21 heavy (non-hydrogen) atoms. The molecule has 0 aliphatic carbocycles. The quantitative estimate of drug-likeness (QED) is 0.457. The number of aldehydes is 1. The molecule has 0 saturated carbocycles. The number of anilines is 1. The monoisotopic (exact) mass is 312 g/mol. The van der Waals surface area contributed by atoms with Gasteiger partial charge in [-0.2, -0.15) is 0 Å². The lowest BCUT2D eigenvalue weighted by Crippen LogP contribution is -2.38. The molecule has 0 fully saturated rings. The van der Waals surface area contributed by atoms with Crippen LogP contribution in [0.4, 0.5) is 5.13 Å². The van der Waals surface area contributed by atoms with E-state index in [-0.39, 0.29) is 5.91 Å². The summed E-state index contributed by atoms with van der Waals surface area (Å²) in [6, 6.07) is 0. The van der Waals surface area contributed by atoms with Crippen molar-refractivity contribution >= 4 is 34.6 Å². The number of nitrogens with one attached hydrogen (secondary N) is 2. The van der Waals surface area contributed by atoms with Gasteiger partial charge in [0.25, 0.3) is 0 Å². The molecule has 2 amide bonds. The van der Waals surface area contributed by atoms with Crippen molar-refractivity contribution in [3.8, 4) is 0 Å². The summed E-state index contributed by atoms with van der Waals surface area (Å²) >= 11 is 1.28. The summed E-state index contributed by atoms with van der Waals surface area (Å²) in [6.45, 7) is 4.44. The molecule has 0 aliphatic rings. The van der Waals surface area contributed by atoms with Crippen molar-refractivity contribution < 1.29 is 14.4 Å². The maximum absolute atomic E-state index is 11.8. The van der Waals surface area contributed by atoms with E-state index in [0.29, 0.717) is 29.5 Å². The van der Waals surface area contributed by atoms with Crippen molar-refractivity contribution in [2.75, 3.05) is 18.4 Å². The molecule has 1 aromatic heterocycles. The third-order valence-corrected chi connectivity index (χ3v) is 4.06. The highest BCUT2D eigenvalue weighted by Crippen LogP contribution is 2.15. The van der Waals surface area contributed by atoms with Gasteiger partial charge >= 0.3 is 0 Å². The topological polar surface area (TPSA) is 114 Å². The van der Waals surface area contributed by atoms with Crippen LogP contribution in [0.25, 0.3) is 0 Å². The number of primary amides is 1. The van der Waals surface area contributed by atoms with Crippen LogP contribution in [-0.4, -0.2) is 36.2 Å². The summed E-state index contributed by atoms with van der Waals surface area (Å²) in [4.78, 5) is 37.9. The number of nitrogens with two attached hydrogens (primary N) is 1. The third kappa shape index (κ3) is 5.50. The second kappa shape index (κ2) is 8.35. The van der Waals surface area contributed by atoms with Gasteiger partial charge in [0.1, 0.15) is 0 Å². The van der Waals surface area contributed by atoms with Crippen LogP contribution in [0, 0.1) is 11.8 Å². The fourth-order valence-electron chi connectivity index (χ4n) is 1.55. The molecule has 0 radical (unpaired) electrons. The number of thiazole rings is 1. The van der Waals surface area contributed by atoms with Crippen LogP contribution in [-0.2, 0) is 9.59 Å². The van der Waals surface area contributed by atoms with Gasteiger partial charge in [0.05, 0.1) is 11.1 Å². The second-order valence-electron chi connectivity index (χ2n) is 4.74. The summed E-state index contributed by atoms with van der Waals surface area (Å²) in [7, 11) is 0. The highest BCUT2D eigenvalue weighted by Gasteiger charge is 2.23. The van der Waals surface area contributed by atoms with E-state index in [1.54, 1.807) is 13.8 Å². The van der Waals surface area contributed by atoms with Gasteiger partial charge in [0, 0.05) is 24.9 Å². The average Bonchev–Trinajstić information content (AvgIpc) is 2.92. The molecule has 0 aromatic carbocycles. The Hall–Kier alpha value is -1.96. The maximum atomic E-state index is 11.8. The summed E-state index contributed by atoms with van der Waals surface area (Å²) in [5, 5.41) is 6.51. The van der Waals surface area contributed by atoms with Gasteiger partial charge in [0.15, 0.2) is 11.4 Å². The van der Waals surface area contributed by atoms with Gasteiger partial charge in [-0.15, -0.1) is 0 Å². The van der Waals surface area contributed by atoms with Gasteiger partial charge in [-0.25, -0.2) is 4.98 Å². The van der Waals surface area contributed by atoms with E-state index < -0.39 is 17.7 Å². The lowest BCUT2D eigenvalue weighted by Gasteiger charge is -2.16. The van der Waals surface area contributed by atoms with Gasteiger partial charge in [0.2, 0.25) is 11.8 Å². The maximum Gasteiger partial charge on any atom is 0.223 e. The standard InChI is InChI=1S/C13H20N4O3S/c1-8(11(14)19)9(2)12(20)15-4-3-5-16-13-17-6-10(7-18)21-13/h6-9H,3-5H2,1-2H3,(H2,14,19)(H,15,20)(H,16,17)/t8?,9-/m0/s1. The Balaban J connectivity index is 2.20. The van der Waals surface area contributed by atoms with Crippen LogP contribution in [0.2, 0.25) is 0 Å². The molecule has 1 unspecified atom stereocenters. The Labute approximate surface area is 127 Å². The van der Waals surface area contributed by atoms with Gasteiger partial charge in [-0.1, -0.05) is 25.2 Å². The fourth-order valence-corrected chi connectivity index (χ4v) is 2.21. The van der Waals surface area contributed by atoms with E-state index in [4.69, 9.17) is 5.73 Å². The molecule has 116 valence electrons. The Morgan fingerprint density at radius 3 is 2.67 bits per heavy atom. The highest BCUT2D eigenvalue weighted by molar-refractivity contribution is 7.17. The Morgan fingerprint density at radius 1 is 1.38 bits per heavy atom. The SMILES string of the molecule is CC(C(N)=O)[C@H](C)C(=O)NCCCNc1ncc(C=O)s1. The van der Waals surface area contributed by atoms with Crippen LogP contribution in [0.3, 0.4) is 0 Å². The Bertz CT molecular complexity index is 503. The van der Waals surface area contributed by atoms with E-state index in [0.717, 1.165) is 6.29 Å². The largest absolute Gasteiger partial charge is 0.369 e. The lowest BCUT2D eigenvalue weighted by molar-refractivity contribution is -0.132. The van der Waals surface area contributed by atoms with Crippen molar-refractivity contribution in [2.24, 2.45) is 17.6 Å².